The summed E-state index contributed by atoms with van der Waals surface area (Å²) in [7, 11) is 6.18. The molecule has 0 unspecified atom stereocenters. The summed E-state index contributed by atoms with van der Waals surface area (Å²) < 4.78 is 35.9. The summed E-state index contributed by atoms with van der Waals surface area (Å²) in [6, 6.07) is 10.7. The van der Waals surface area contributed by atoms with Crippen LogP contribution < -0.4 is 26.2 Å². The average molecular weight is 418 g/mol. The Kier molecular flexibility index (Phi) is 5.64. The first-order valence-corrected chi connectivity index (χ1v) is 9.79. The molecule has 0 aliphatic heterocycles. The Morgan fingerprint density at radius 1 is 0.636 bits per heavy atom. The molecule has 0 amide bonds. The third-order valence-electron chi connectivity index (χ3n) is 3.14. The van der Waals surface area contributed by atoms with Gasteiger partial charge in [-0.05, 0) is 0 Å². The predicted octanol–water partition coefficient (Wildman–Crippen LogP) is 1.26. The quantitative estimate of drug-likeness (QED) is 0.662. The SMILES string of the molecule is COc1cccc(OC)c1[Te](=O)c1c(OC)cccc1OC. The fourth-order valence-corrected chi connectivity index (χ4v) is 6.50. The third-order valence-corrected chi connectivity index (χ3v) is 7.55. The Balaban J connectivity index is 2.68. The van der Waals surface area contributed by atoms with Crippen LogP contribution in [0.5, 0.6) is 23.0 Å². The molecule has 0 heterocycles. The van der Waals surface area contributed by atoms with Gasteiger partial charge in [0.05, 0.1) is 0 Å². The molecule has 118 valence electrons. The van der Waals surface area contributed by atoms with Crippen LogP contribution in [0.2, 0.25) is 0 Å². The number of methoxy groups -OCH3 is 4. The topological polar surface area (TPSA) is 54.0 Å². The fraction of sp³-hybridized carbons (Fsp3) is 0.250. The van der Waals surface area contributed by atoms with Crippen molar-refractivity contribution in [1.82, 2.24) is 0 Å². The number of hydrogen-bond donors (Lipinski definition) is 0. The summed E-state index contributed by atoms with van der Waals surface area (Å²) in [6.07, 6.45) is 0. The molecule has 0 fully saturated rings. The summed E-state index contributed by atoms with van der Waals surface area (Å²) in [6.45, 7) is 0. The van der Waals surface area contributed by atoms with Gasteiger partial charge in [-0.2, -0.15) is 0 Å². The zero-order valence-electron chi connectivity index (χ0n) is 12.9. The molecule has 0 aliphatic rings. The van der Waals surface area contributed by atoms with Gasteiger partial charge < -0.3 is 0 Å². The minimum atomic E-state index is -3.26. The number of hydrogen-bond acceptors (Lipinski definition) is 5. The molecule has 22 heavy (non-hydrogen) atoms. The van der Waals surface area contributed by atoms with Crippen molar-refractivity contribution < 1.29 is 22.1 Å². The Morgan fingerprint density at radius 3 is 1.14 bits per heavy atom. The van der Waals surface area contributed by atoms with Gasteiger partial charge in [-0.3, -0.25) is 0 Å². The van der Waals surface area contributed by atoms with Crippen molar-refractivity contribution in [3.63, 3.8) is 0 Å². The average Bonchev–Trinajstić information content (AvgIpc) is 2.59. The van der Waals surface area contributed by atoms with E-state index in [1.54, 1.807) is 64.8 Å². The molecule has 6 heteroatoms. The summed E-state index contributed by atoms with van der Waals surface area (Å²) in [5.41, 5.74) is 0. The van der Waals surface area contributed by atoms with Gasteiger partial charge in [0.2, 0.25) is 0 Å². The third kappa shape index (κ3) is 3.03. The van der Waals surface area contributed by atoms with Crippen LogP contribution in [0, 0.1) is 0 Å². The number of benzene rings is 2. The van der Waals surface area contributed by atoms with Crippen molar-refractivity contribution >= 4 is 26.8 Å². The van der Waals surface area contributed by atoms with Gasteiger partial charge in [-0.15, -0.1) is 0 Å². The molecule has 2 aromatic rings. The monoisotopic (exact) mass is 420 g/mol. The number of ether oxygens (including phenoxy) is 4. The van der Waals surface area contributed by atoms with Crippen molar-refractivity contribution in [2.45, 2.75) is 0 Å². The first-order chi connectivity index (χ1) is 10.7. The molecule has 2 rings (SSSR count). The Bertz CT molecular complexity index is 582. The predicted molar refractivity (Wildman–Crippen MR) is 84.8 cm³/mol. The van der Waals surface area contributed by atoms with Crippen LogP contribution in [0.25, 0.3) is 0 Å². The van der Waals surface area contributed by atoms with Crippen molar-refractivity contribution in [3.8, 4) is 23.0 Å². The molecule has 0 atom stereocenters. The van der Waals surface area contributed by atoms with Gasteiger partial charge in [0.15, 0.2) is 0 Å². The number of rotatable bonds is 6. The second-order valence-electron chi connectivity index (χ2n) is 4.25. The van der Waals surface area contributed by atoms with E-state index in [4.69, 9.17) is 18.9 Å². The van der Waals surface area contributed by atoms with Crippen LogP contribution >= 0.6 is 0 Å². The molecule has 0 saturated heterocycles. The van der Waals surface area contributed by atoms with E-state index in [0.717, 1.165) is 0 Å². The van der Waals surface area contributed by atoms with Crippen LogP contribution in [0.15, 0.2) is 36.4 Å². The fourth-order valence-electron chi connectivity index (χ4n) is 2.10. The van der Waals surface area contributed by atoms with Crippen LogP contribution in [0.3, 0.4) is 0 Å². The standard InChI is InChI=1S/C16H18O5Te/c1-18-11-7-5-8-12(19-2)15(11)22(17)16-13(20-3)9-6-10-14(16)21-4/h5-10H,1-4H3. The van der Waals surface area contributed by atoms with Gasteiger partial charge in [0.25, 0.3) is 0 Å². The van der Waals surface area contributed by atoms with Crippen molar-refractivity contribution in [2.75, 3.05) is 28.4 Å². The van der Waals surface area contributed by atoms with E-state index in [1.807, 2.05) is 0 Å². The molecule has 0 saturated carbocycles. The normalized spacial score (nSPS) is 10.4. The first kappa shape index (κ1) is 16.6. The zero-order valence-corrected chi connectivity index (χ0v) is 15.2. The van der Waals surface area contributed by atoms with E-state index in [-0.39, 0.29) is 0 Å². The maximum absolute atomic E-state index is 13.3. The molecule has 0 spiro atoms. The summed E-state index contributed by atoms with van der Waals surface area (Å²) in [5, 5.41) is 0. The summed E-state index contributed by atoms with van der Waals surface area (Å²) in [4.78, 5) is 0. The Labute approximate surface area is 136 Å². The van der Waals surface area contributed by atoms with E-state index >= 15 is 0 Å². The van der Waals surface area contributed by atoms with Gasteiger partial charge in [-0.25, -0.2) is 0 Å². The molecule has 2 aromatic carbocycles. The minimum absolute atomic E-state index is 0.541. The van der Waals surface area contributed by atoms with E-state index in [2.05, 4.69) is 0 Å². The molecule has 0 N–H and O–H groups in total. The maximum atomic E-state index is 13.3. The van der Waals surface area contributed by atoms with Crippen molar-refractivity contribution in [1.29, 1.82) is 0 Å². The molecule has 0 aliphatic carbocycles. The molecule has 0 aromatic heterocycles. The summed E-state index contributed by atoms with van der Waals surface area (Å²) in [5.74, 6) is 2.16. The molecule has 0 radical (unpaired) electrons. The molecule has 5 nitrogen and oxygen atoms in total. The summed E-state index contributed by atoms with van der Waals surface area (Å²) >= 11 is -3.26. The zero-order chi connectivity index (χ0) is 16.1. The first-order valence-electron chi connectivity index (χ1n) is 6.51. The molecule has 0 bridgehead atoms. The Morgan fingerprint density at radius 2 is 0.909 bits per heavy atom. The van der Waals surface area contributed by atoms with E-state index in [0.29, 0.717) is 30.2 Å². The molecular weight excluding hydrogens is 400 g/mol. The second-order valence-corrected chi connectivity index (χ2v) is 8.12. The van der Waals surface area contributed by atoms with E-state index in [9.17, 15) is 3.10 Å². The van der Waals surface area contributed by atoms with Gasteiger partial charge in [0.1, 0.15) is 0 Å². The van der Waals surface area contributed by atoms with E-state index in [1.165, 1.54) is 0 Å². The van der Waals surface area contributed by atoms with Crippen LogP contribution in [-0.4, -0.2) is 48.0 Å². The van der Waals surface area contributed by atoms with Crippen LogP contribution in [-0.2, 0) is 3.10 Å². The second kappa shape index (κ2) is 7.48. The van der Waals surface area contributed by atoms with Crippen LogP contribution in [0.1, 0.15) is 0 Å². The van der Waals surface area contributed by atoms with Crippen molar-refractivity contribution in [2.24, 2.45) is 0 Å². The van der Waals surface area contributed by atoms with Gasteiger partial charge in [-0.1, -0.05) is 0 Å². The van der Waals surface area contributed by atoms with Crippen LogP contribution in [0.4, 0.5) is 0 Å². The van der Waals surface area contributed by atoms with Crippen molar-refractivity contribution in [3.05, 3.63) is 36.4 Å². The Hall–Kier alpha value is -1.77. The van der Waals surface area contributed by atoms with Gasteiger partial charge >= 0.3 is 137 Å². The van der Waals surface area contributed by atoms with E-state index < -0.39 is 19.5 Å². The molecular formula is C16H18O5Te. The van der Waals surface area contributed by atoms with Gasteiger partial charge in [0, 0.05) is 0 Å².